The van der Waals surface area contributed by atoms with Crippen LogP contribution in [0, 0.1) is 5.92 Å². The number of aromatic amines is 1. The fourth-order valence-electron chi connectivity index (χ4n) is 2.39. The highest BCUT2D eigenvalue weighted by atomic mass is 16.5. The van der Waals surface area contributed by atoms with Gasteiger partial charge in [-0.25, -0.2) is 9.97 Å². The molecule has 116 valence electrons. The van der Waals surface area contributed by atoms with Gasteiger partial charge in [-0.2, -0.15) is 5.10 Å². The van der Waals surface area contributed by atoms with Crippen LogP contribution in [0.3, 0.4) is 0 Å². The molecule has 1 aliphatic rings. The van der Waals surface area contributed by atoms with Crippen LogP contribution in [0.4, 0.5) is 0 Å². The van der Waals surface area contributed by atoms with Gasteiger partial charge in [0.2, 0.25) is 11.7 Å². The van der Waals surface area contributed by atoms with Crippen LogP contribution in [-0.2, 0) is 16.1 Å². The van der Waals surface area contributed by atoms with Gasteiger partial charge >= 0.3 is 0 Å². The summed E-state index contributed by atoms with van der Waals surface area (Å²) in [5.74, 6) is 1.39. The Morgan fingerprint density at radius 1 is 1.45 bits per heavy atom. The first-order valence-corrected chi connectivity index (χ1v) is 7.33. The smallest absolute Gasteiger partial charge is 0.220 e. The van der Waals surface area contributed by atoms with Crippen LogP contribution < -0.4 is 5.32 Å². The first kappa shape index (κ1) is 14.6. The molecule has 1 amide bonds. The average Bonchev–Trinajstić information content (AvgIpc) is 3.04. The summed E-state index contributed by atoms with van der Waals surface area (Å²) in [6.45, 7) is 1.80. The molecule has 0 spiro atoms. The summed E-state index contributed by atoms with van der Waals surface area (Å²) in [5, 5.41) is 9.71. The largest absolute Gasteiger partial charge is 0.381 e. The summed E-state index contributed by atoms with van der Waals surface area (Å²) in [6, 6.07) is 0. The summed E-state index contributed by atoms with van der Waals surface area (Å²) in [7, 11) is 0. The van der Waals surface area contributed by atoms with E-state index in [0.29, 0.717) is 42.8 Å². The Kier molecular flexibility index (Phi) is 4.69. The van der Waals surface area contributed by atoms with E-state index >= 15 is 0 Å². The van der Waals surface area contributed by atoms with E-state index in [1.807, 2.05) is 0 Å². The molecule has 0 saturated carbocycles. The van der Waals surface area contributed by atoms with Crippen molar-refractivity contribution in [3.63, 3.8) is 0 Å². The Morgan fingerprint density at radius 2 is 2.41 bits per heavy atom. The highest BCUT2D eigenvalue weighted by Crippen LogP contribution is 2.16. The molecule has 8 heteroatoms. The van der Waals surface area contributed by atoms with Crippen LogP contribution >= 0.6 is 0 Å². The zero-order chi connectivity index (χ0) is 15.2. The highest BCUT2D eigenvalue weighted by molar-refractivity contribution is 5.76. The Labute approximate surface area is 127 Å². The molecule has 0 unspecified atom stereocenters. The SMILES string of the molecule is O=C(C[C@H]1CCCOC1)NCc1nc(-c2cnccn2)n[nH]1. The van der Waals surface area contributed by atoms with Gasteiger partial charge in [0, 0.05) is 32.0 Å². The number of carbonyl (C=O) groups excluding carboxylic acids is 1. The molecule has 2 aromatic rings. The van der Waals surface area contributed by atoms with E-state index in [2.05, 4.69) is 30.5 Å². The van der Waals surface area contributed by atoms with Gasteiger partial charge in [0.1, 0.15) is 11.5 Å². The summed E-state index contributed by atoms with van der Waals surface area (Å²) in [5.41, 5.74) is 0.593. The van der Waals surface area contributed by atoms with Crippen molar-refractivity contribution >= 4 is 5.91 Å². The van der Waals surface area contributed by atoms with Crippen LogP contribution in [-0.4, -0.2) is 44.3 Å². The van der Waals surface area contributed by atoms with E-state index in [1.165, 1.54) is 0 Å². The Hall–Kier alpha value is -2.35. The minimum absolute atomic E-state index is 0.00736. The van der Waals surface area contributed by atoms with Gasteiger partial charge in [0.15, 0.2) is 0 Å². The molecular weight excluding hydrogens is 284 g/mol. The van der Waals surface area contributed by atoms with E-state index < -0.39 is 0 Å². The molecule has 2 aromatic heterocycles. The molecule has 1 atom stereocenters. The topological polar surface area (TPSA) is 106 Å². The zero-order valence-corrected chi connectivity index (χ0v) is 12.2. The molecule has 1 saturated heterocycles. The fourth-order valence-corrected chi connectivity index (χ4v) is 2.39. The van der Waals surface area contributed by atoms with Gasteiger partial charge in [-0.3, -0.25) is 14.9 Å². The molecule has 1 aliphatic heterocycles. The van der Waals surface area contributed by atoms with Gasteiger partial charge in [0.05, 0.1) is 12.7 Å². The molecule has 0 aliphatic carbocycles. The van der Waals surface area contributed by atoms with Crippen LogP contribution in [0.5, 0.6) is 0 Å². The van der Waals surface area contributed by atoms with Crippen molar-refractivity contribution < 1.29 is 9.53 Å². The molecule has 22 heavy (non-hydrogen) atoms. The molecule has 3 heterocycles. The van der Waals surface area contributed by atoms with Crippen molar-refractivity contribution in [2.45, 2.75) is 25.8 Å². The third-order valence-electron chi connectivity index (χ3n) is 3.51. The molecule has 8 nitrogen and oxygen atoms in total. The van der Waals surface area contributed by atoms with Crippen molar-refractivity contribution in [1.82, 2.24) is 30.5 Å². The maximum Gasteiger partial charge on any atom is 0.220 e. The van der Waals surface area contributed by atoms with Crippen LogP contribution in [0.25, 0.3) is 11.5 Å². The number of nitrogens with zero attached hydrogens (tertiary/aromatic N) is 4. The highest BCUT2D eigenvalue weighted by Gasteiger charge is 2.17. The third-order valence-corrected chi connectivity index (χ3v) is 3.51. The monoisotopic (exact) mass is 302 g/mol. The number of nitrogens with one attached hydrogen (secondary N) is 2. The predicted octanol–water partition coefficient (Wildman–Crippen LogP) is 0.695. The molecule has 0 bridgehead atoms. The number of ether oxygens (including phenoxy) is 1. The van der Waals surface area contributed by atoms with E-state index in [4.69, 9.17) is 4.74 Å². The van der Waals surface area contributed by atoms with Crippen molar-refractivity contribution in [2.24, 2.45) is 5.92 Å². The first-order chi connectivity index (χ1) is 10.8. The van der Waals surface area contributed by atoms with Gasteiger partial charge < -0.3 is 10.1 Å². The number of hydrogen-bond acceptors (Lipinski definition) is 6. The quantitative estimate of drug-likeness (QED) is 0.842. The minimum atomic E-state index is 0.00736. The summed E-state index contributed by atoms with van der Waals surface area (Å²) >= 11 is 0. The molecule has 3 rings (SSSR count). The normalized spacial score (nSPS) is 18.1. The molecule has 0 aromatic carbocycles. The lowest BCUT2D eigenvalue weighted by Gasteiger charge is -2.21. The fraction of sp³-hybridized carbons (Fsp3) is 0.500. The number of carbonyl (C=O) groups is 1. The molecular formula is C14H18N6O2. The second-order valence-corrected chi connectivity index (χ2v) is 5.26. The summed E-state index contributed by atoms with van der Waals surface area (Å²) in [4.78, 5) is 24.3. The van der Waals surface area contributed by atoms with Crippen LogP contribution in [0.15, 0.2) is 18.6 Å². The standard InChI is InChI=1S/C14H18N6O2/c21-13(6-10-2-1-5-22-9-10)17-8-12-18-14(20-19-12)11-7-15-3-4-16-11/h3-4,7,10H,1-2,5-6,8-9H2,(H,17,21)(H,18,19,20)/t10-/m1/s1. The maximum absolute atomic E-state index is 11.9. The average molecular weight is 302 g/mol. The van der Waals surface area contributed by atoms with Crippen LogP contribution in [0.1, 0.15) is 25.1 Å². The van der Waals surface area contributed by atoms with Crippen LogP contribution in [0.2, 0.25) is 0 Å². The summed E-state index contributed by atoms with van der Waals surface area (Å²) < 4.78 is 5.38. The van der Waals surface area contributed by atoms with E-state index in [-0.39, 0.29) is 5.91 Å². The molecule has 0 radical (unpaired) electrons. The maximum atomic E-state index is 11.9. The molecule has 1 fully saturated rings. The number of rotatable bonds is 5. The van der Waals surface area contributed by atoms with E-state index in [0.717, 1.165) is 19.4 Å². The van der Waals surface area contributed by atoms with Gasteiger partial charge in [-0.05, 0) is 18.8 Å². The van der Waals surface area contributed by atoms with Gasteiger partial charge in [-0.1, -0.05) is 0 Å². The second-order valence-electron chi connectivity index (χ2n) is 5.26. The lowest BCUT2D eigenvalue weighted by atomic mass is 9.98. The lowest BCUT2D eigenvalue weighted by Crippen LogP contribution is -2.28. The first-order valence-electron chi connectivity index (χ1n) is 7.33. The van der Waals surface area contributed by atoms with Crippen molar-refractivity contribution in [3.05, 3.63) is 24.4 Å². The molecule has 2 N–H and O–H groups in total. The Balaban J connectivity index is 1.49. The van der Waals surface area contributed by atoms with Crippen molar-refractivity contribution in [2.75, 3.05) is 13.2 Å². The third kappa shape index (κ3) is 3.85. The van der Waals surface area contributed by atoms with Crippen molar-refractivity contribution in [3.8, 4) is 11.5 Å². The number of H-pyrrole nitrogens is 1. The Morgan fingerprint density at radius 3 is 3.18 bits per heavy atom. The summed E-state index contributed by atoms with van der Waals surface area (Å²) in [6.07, 6.45) is 7.33. The zero-order valence-electron chi connectivity index (χ0n) is 12.2. The second kappa shape index (κ2) is 7.08. The minimum Gasteiger partial charge on any atom is -0.381 e. The number of aromatic nitrogens is 5. The van der Waals surface area contributed by atoms with E-state index in [9.17, 15) is 4.79 Å². The van der Waals surface area contributed by atoms with Gasteiger partial charge in [0.25, 0.3) is 0 Å². The number of amides is 1. The Bertz CT molecular complexity index is 609. The van der Waals surface area contributed by atoms with Gasteiger partial charge in [-0.15, -0.1) is 0 Å². The van der Waals surface area contributed by atoms with Crippen molar-refractivity contribution in [1.29, 1.82) is 0 Å². The predicted molar refractivity (Wildman–Crippen MR) is 77.4 cm³/mol. The van der Waals surface area contributed by atoms with E-state index in [1.54, 1.807) is 18.6 Å². The number of hydrogen-bond donors (Lipinski definition) is 2. The lowest BCUT2D eigenvalue weighted by molar-refractivity contribution is -0.123.